The van der Waals surface area contributed by atoms with Crippen molar-refractivity contribution in [3.63, 3.8) is 0 Å². The predicted molar refractivity (Wildman–Crippen MR) is 191 cm³/mol. The first kappa shape index (κ1) is 40.3. The molecule has 0 heterocycles. The third-order valence-electron chi connectivity index (χ3n) is 9.82. The first-order valence-electron chi connectivity index (χ1n) is 16.7. The van der Waals surface area contributed by atoms with Gasteiger partial charge in [0.1, 0.15) is 6.29 Å². The van der Waals surface area contributed by atoms with Gasteiger partial charge in [-0.1, -0.05) is 93.2 Å². The number of aldehydes is 1. The summed E-state index contributed by atoms with van der Waals surface area (Å²) in [6, 6.07) is 0. The maximum Gasteiger partial charge on any atom is 0.305 e. The van der Waals surface area contributed by atoms with Crippen molar-refractivity contribution in [1.82, 2.24) is 0 Å². The van der Waals surface area contributed by atoms with E-state index in [4.69, 9.17) is 13.6 Å². The molecule has 0 aromatic rings. The fourth-order valence-electron chi connectivity index (χ4n) is 4.87. The monoisotopic (exact) mass is 654 g/mol. The molecule has 5 nitrogen and oxygen atoms in total. The topological polar surface area (TPSA) is 61.8 Å². The maximum atomic E-state index is 12.4. The lowest BCUT2D eigenvalue weighted by Gasteiger charge is -2.40. The molecule has 0 spiro atoms. The van der Waals surface area contributed by atoms with Crippen molar-refractivity contribution in [2.24, 2.45) is 11.8 Å². The van der Waals surface area contributed by atoms with Gasteiger partial charge in [-0.05, 0) is 67.2 Å². The fourth-order valence-corrected chi connectivity index (χ4v) is 8.80. The molecular formula is C35H66O5SSi2. The van der Waals surface area contributed by atoms with Crippen LogP contribution in [0.3, 0.4) is 0 Å². The first-order valence-corrected chi connectivity index (χ1v) is 23.5. The Morgan fingerprint density at radius 1 is 1.00 bits per heavy atom. The minimum Gasteiger partial charge on any atom is -0.469 e. The fraction of sp³-hybridized carbons (Fsp3) is 0.829. The van der Waals surface area contributed by atoms with Crippen molar-refractivity contribution < 1.29 is 23.2 Å². The number of thioether (sulfide) groups is 1. The molecule has 0 bridgehead atoms. The summed E-state index contributed by atoms with van der Waals surface area (Å²) in [5, 5.41) is 0.216. The largest absolute Gasteiger partial charge is 0.469 e. The minimum atomic E-state index is -2.06. The van der Waals surface area contributed by atoms with Crippen molar-refractivity contribution >= 4 is 40.7 Å². The smallest absolute Gasteiger partial charge is 0.305 e. The van der Waals surface area contributed by atoms with Crippen LogP contribution in [0.25, 0.3) is 0 Å². The number of hydrogen-bond donors (Lipinski definition) is 0. The van der Waals surface area contributed by atoms with E-state index >= 15 is 0 Å². The van der Waals surface area contributed by atoms with Crippen LogP contribution < -0.4 is 0 Å². The van der Waals surface area contributed by atoms with Crippen molar-refractivity contribution in [3.8, 4) is 0 Å². The van der Waals surface area contributed by atoms with E-state index in [9.17, 15) is 9.59 Å². The minimum absolute atomic E-state index is 0.0368. The quantitative estimate of drug-likeness (QED) is 0.0454. The molecule has 0 saturated carbocycles. The molecule has 1 aliphatic carbocycles. The zero-order valence-corrected chi connectivity index (χ0v) is 32.9. The Morgan fingerprint density at radius 2 is 1.63 bits per heavy atom. The summed E-state index contributed by atoms with van der Waals surface area (Å²) >= 11 is 1.80. The van der Waals surface area contributed by atoms with E-state index < -0.39 is 16.6 Å². The van der Waals surface area contributed by atoms with E-state index in [1.165, 1.54) is 26.4 Å². The molecule has 4 atom stereocenters. The van der Waals surface area contributed by atoms with Crippen LogP contribution in [0.4, 0.5) is 0 Å². The van der Waals surface area contributed by atoms with Crippen LogP contribution in [0.2, 0.25) is 36.3 Å². The summed E-state index contributed by atoms with van der Waals surface area (Å²) in [5.74, 6) is 1.40. The molecule has 0 unspecified atom stereocenters. The van der Waals surface area contributed by atoms with Gasteiger partial charge in [-0.25, -0.2) is 0 Å². The number of hydrogen-bond acceptors (Lipinski definition) is 6. The van der Waals surface area contributed by atoms with Gasteiger partial charge < -0.3 is 13.6 Å². The number of carbonyl (C=O) groups is 2. The molecule has 0 aromatic carbocycles. The number of methoxy groups -OCH3 is 1. The van der Waals surface area contributed by atoms with Crippen LogP contribution >= 0.6 is 11.8 Å². The van der Waals surface area contributed by atoms with Crippen molar-refractivity contribution in [2.45, 2.75) is 162 Å². The molecule has 1 aliphatic rings. The second-order valence-electron chi connectivity index (χ2n) is 15.7. The molecule has 1 rings (SSSR count). The lowest BCUT2D eigenvalue weighted by molar-refractivity contribution is -0.140. The number of rotatable bonds is 19. The highest BCUT2D eigenvalue weighted by Crippen LogP contribution is 2.46. The first-order chi connectivity index (χ1) is 19.8. The Kier molecular flexibility index (Phi) is 16.8. The molecule has 0 N–H and O–H groups in total. The molecule has 0 aliphatic heterocycles. The highest BCUT2D eigenvalue weighted by molar-refractivity contribution is 8.03. The molecule has 0 amide bonds. The van der Waals surface area contributed by atoms with E-state index in [0.717, 1.165) is 48.2 Å². The van der Waals surface area contributed by atoms with E-state index in [1.807, 2.05) is 0 Å². The SMILES string of the molecule is CCCC[C@@H](C)C[C@@H](C=C[C@@H]1C(SCCCCCC(=O)OC)=C(C=O)C[C@H]1O[Si](C)(C)C(C)(C)C)O[Si](C)(C)C(C)(C)C. The van der Waals surface area contributed by atoms with E-state index in [2.05, 4.69) is 93.7 Å². The Hall–Kier alpha value is -0.676. The molecule has 0 fully saturated rings. The summed E-state index contributed by atoms with van der Waals surface area (Å²) in [4.78, 5) is 25.0. The third-order valence-corrected chi connectivity index (χ3v) is 20.2. The van der Waals surface area contributed by atoms with Crippen LogP contribution in [0.5, 0.6) is 0 Å². The standard InChI is InChI=1S/C35H66O5SSi2/c1-14-15-19-27(2)24-29(39-42(10,11)34(3,4)5)21-22-30-31(40-43(12,13)35(6,7)8)25-28(26-36)33(30)41-23-18-16-17-20-32(37)38-9/h21-22,26-27,29-31H,14-20,23-25H2,1-13H3/t27-,29-,30+,31-/m1/s1. The van der Waals surface area contributed by atoms with Crippen molar-refractivity contribution in [1.29, 1.82) is 0 Å². The van der Waals surface area contributed by atoms with Crippen LogP contribution in [0, 0.1) is 11.8 Å². The van der Waals surface area contributed by atoms with Gasteiger partial charge in [0.05, 0.1) is 19.3 Å². The highest BCUT2D eigenvalue weighted by atomic mass is 32.2. The number of esters is 1. The molecule has 8 heteroatoms. The summed E-state index contributed by atoms with van der Waals surface area (Å²) in [5.41, 5.74) is 0.885. The van der Waals surface area contributed by atoms with Gasteiger partial charge in [0.2, 0.25) is 0 Å². The average Bonchev–Trinajstić information content (AvgIpc) is 3.21. The lowest BCUT2D eigenvalue weighted by Crippen LogP contribution is -2.45. The van der Waals surface area contributed by atoms with Gasteiger partial charge in [0.15, 0.2) is 16.6 Å². The van der Waals surface area contributed by atoms with Gasteiger partial charge in [0, 0.05) is 29.2 Å². The Bertz CT molecular complexity index is 929. The molecular weight excluding hydrogens is 589 g/mol. The summed E-state index contributed by atoms with van der Waals surface area (Å²) in [6.45, 7) is 27.7. The summed E-state index contributed by atoms with van der Waals surface area (Å²) < 4.78 is 18.8. The average molecular weight is 655 g/mol. The zero-order valence-electron chi connectivity index (χ0n) is 30.1. The van der Waals surface area contributed by atoms with Gasteiger partial charge in [-0.2, -0.15) is 0 Å². The molecule has 0 saturated heterocycles. The zero-order chi connectivity index (χ0) is 33.1. The highest BCUT2D eigenvalue weighted by Gasteiger charge is 2.44. The van der Waals surface area contributed by atoms with Crippen LogP contribution in [0.15, 0.2) is 22.6 Å². The molecule has 250 valence electrons. The van der Waals surface area contributed by atoms with Crippen LogP contribution in [-0.2, 0) is 23.2 Å². The summed E-state index contributed by atoms with van der Waals surface area (Å²) in [6.07, 6.45) is 14.3. The number of carbonyl (C=O) groups excluding carboxylic acids is 2. The number of unbranched alkanes of at least 4 members (excludes halogenated alkanes) is 3. The normalized spacial score (nSPS) is 20.1. The maximum absolute atomic E-state index is 12.4. The molecule has 43 heavy (non-hydrogen) atoms. The number of ether oxygens (including phenoxy) is 1. The molecule has 0 aromatic heterocycles. The Balaban J connectivity index is 3.32. The van der Waals surface area contributed by atoms with Crippen molar-refractivity contribution in [2.75, 3.05) is 12.9 Å². The molecule has 0 radical (unpaired) electrons. The summed E-state index contributed by atoms with van der Waals surface area (Å²) in [7, 11) is -2.61. The van der Waals surface area contributed by atoms with E-state index in [0.29, 0.717) is 18.8 Å². The van der Waals surface area contributed by atoms with Crippen LogP contribution in [-0.4, -0.2) is 54.0 Å². The van der Waals surface area contributed by atoms with Crippen molar-refractivity contribution in [3.05, 3.63) is 22.6 Å². The second-order valence-corrected chi connectivity index (χ2v) is 26.3. The van der Waals surface area contributed by atoms with Crippen LogP contribution in [0.1, 0.15) is 113 Å². The van der Waals surface area contributed by atoms with Gasteiger partial charge in [-0.15, -0.1) is 11.8 Å². The third kappa shape index (κ3) is 13.3. The van der Waals surface area contributed by atoms with E-state index in [1.54, 1.807) is 11.8 Å². The predicted octanol–water partition coefficient (Wildman–Crippen LogP) is 10.5. The van der Waals surface area contributed by atoms with Gasteiger partial charge in [0.25, 0.3) is 0 Å². The van der Waals surface area contributed by atoms with E-state index in [-0.39, 0.29) is 34.2 Å². The second kappa shape index (κ2) is 17.9. The Morgan fingerprint density at radius 3 is 2.16 bits per heavy atom. The Labute approximate surface area is 272 Å². The van der Waals surface area contributed by atoms with Gasteiger partial charge in [-0.3, -0.25) is 9.59 Å². The lowest BCUT2D eigenvalue weighted by atomic mass is 9.96. The van der Waals surface area contributed by atoms with Gasteiger partial charge >= 0.3 is 5.97 Å².